The molecule has 10 nitrogen and oxygen atoms in total. The van der Waals surface area contributed by atoms with Gasteiger partial charge < -0.3 is 24.1 Å². The molecular weight excluding hydrogens is 558 g/mol. The number of sulfonamides is 1. The van der Waals surface area contributed by atoms with Crippen LogP contribution in [0, 0.1) is 0 Å². The van der Waals surface area contributed by atoms with Crippen molar-refractivity contribution in [1.29, 1.82) is 0 Å². The van der Waals surface area contributed by atoms with E-state index in [9.17, 15) is 18.0 Å². The molecule has 1 amide bonds. The number of aryl methyl sites for hydroxylation is 1. The minimum atomic E-state index is -3.91. The van der Waals surface area contributed by atoms with Crippen molar-refractivity contribution in [3.8, 4) is 11.5 Å². The molecule has 1 aromatic heterocycles. The summed E-state index contributed by atoms with van der Waals surface area (Å²) in [5.41, 5.74) is 3.20. The number of hydrogen-bond donors (Lipinski definition) is 2. The van der Waals surface area contributed by atoms with Crippen LogP contribution in [0.25, 0.3) is 21.8 Å². The molecule has 0 radical (unpaired) electrons. The third kappa shape index (κ3) is 5.34. The van der Waals surface area contributed by atoms with Crippen molar-refractivity contribution >= 4 is 55.1 Å². The minimum Gasteiger partial charge on any atom is -0.486 e. The van der Waals surface area contributed by atoms with Crippen LogP contribution in [0.1, 0.15) is 17.3 Å². The number of nitrogens with one attached hydrogen (secondary N) is 2. The van der Waals surface area contributed by atoms with Gasteiger partial charge in [0.1, 0.15) is 13.2 Å². The summed E-state index contributed by atoms with van der Waals surface area (Å²) < 4.78 is 46.5. The molecule has 0 atom stereocenters. The standard InChI is InChI=1S/C31H27N3O7S/c1-2-34-26-6-4-3-5-24(26)25-17-22(11-13-27(25)34)32-30(35)19-41-31(36)20-7-9-21(10-8-20)33-42(37,38)23-12-14-28-29(18-23)40-16-15-39-28/h3-14,17-18,33H,2,15-16,19H2,1H3,(H,32,35). The number of ether oxygens (including phenoxy) is 3. The minimum absolute atomic E-state index is 0.0107. The van der Waals surface area contributed by atoms with Gasteiger partial charge in [-0.1, -0.05) is 18.2 Å². The molecule has 1 aliphatic heterocycles. The fourth-order valence-corrected chi connectivity index (χ4v) is 6.04. The van der Waals surface area contributed by atoms with Crippen LogP contribution in [0.15, 0.2) is 89.8 Å². The highest BCUT2D eigenvalue weighted by atomic mass is 32.2. The van der Waals surface area contributed by atoms with Crippen molar-refractivity contribution in [2.45, 2.75) is 18.4 Å². The molecule has 2 heterocycles. The van der Waals surface area contributed by atoms with Gasteiger partial charge in [-0.25, -0.2) is 13.2 Å². The van der Waals surface area contributed by atoms with E-state index < -0.39 is 28.5 Å². The van der Waals surface area contributed by atoms with Crippen molar-refractivity contribution in [3.63, 3.8) is 0 Å². The smallest absolute Gasteiger partial charge is 0.338 e. The van der Waals surface area contributed by atoms with Crippen LogP contribution in [-0.2, 0) is 26.1 Å². The van der Waals surface area contributed by atoms with Gasteiger partial charge in [0, 0.05) is 45.8 Å². The van der Waals surface area contributed by atoms with Crippen molar-refractivity contribution in [2.75, 3.05) is 29.9 Å². The average molecular weight is 586 g/mol. The second kappa shape index (κ2) is 11.1. The van der Waals surface area contributed by atoms with Gasteiger partial charge in [-0.05, 0) is 67.6 Å². The second-order valence-electron chi connectivity index (χ2n) is 9.61. The van der Waals surface area contributed by atoms with Crippen LogP contribution < -0.4 is 19.5 Å². The third-order valence-electron chi connectivity index (χ3n) is 6.90. The Morgan fingerprint density at radius 1 is 0.833 bits per heavy atom. The number of fused-ring (bicyclic) bond motifs is 4. The molecule has 0 fully saturated rings. The number of amides is 1. The summed E-state index contributed by atoms with van der Waals surface area (Å²) in [5.74, 6) is -0.354. The first kappa shape index (κ1) is 27.2. The largest absolute Gasteiger partial charge is 0.486 e. The van der Waals surface area contributed by atoms with Crippen molar-refractivity contribution in [2.24, 2.45) is 0 Å². The van der Waals surface area contributed by atoms with Crippen molar-refractivity contribution < 1.29 is 32.2 Å². The molecule has 0 bridgehead atoms. The first-order chi connectivity index (χ1) is 20.3. The third-order valence-corrected chi connectivity index (χ3v) is 8.28. The van der Waals surface area contributed by atoms with Crippen LogP contribution in [0.5, 0.6) is 11.5 Å². The Labute approximate surface area is 241 Å². The number of esters is 1. The van der Waals surface area contributed by atoms with Crippen LogP contribution in [-0.4, -0.2) is 44.7 Å². The van der Waals surface area contributed by atoms with Crippen LogP contribution in [0.3, 0.4) is 0 Å². The van der Waals surface area contributed by atoms with Gasteiger partial charge in [-0.3, -0.25) is 9.52 Å². The summed E-state index contributed by atoms with van der Waals surface area (Å²) in [6.07, 6.45) is 0. The van der Waals surface area contributed by atoms with Crippen molar-refractivity contribution in [3.05, 3.63) is 90.5 Å². The number of para-hydroxylation sites is 1. The summed E-state index contributed by atoms with van der Waals surface area (Å²) in [5, 5.41) is 4.90. The van der Waals surface area contributed by atoms with Gasteiger partial charge >= 0.3 is 5.97 Å². The molecule has 0 saturated carbocycles. The Hall–Kier alpha value is -5.03. The fraction of sp³-hybridized carbons (Fsp3) is 0.161. The van der Waals surface area contributed by atoms with E-state index in [0.29, 0.717) is 30.4 Å². The number of rotatable bonds is 8. The van der Waals surface area contributed by atoms with E-state index in [1.165, 1.54) is 36.4 Å². The normalized spacial score (nSPS) is 12.7. The van der Waals surface area contributed by atoms with E-state index in [0.717, 1.165) is 28.4 Å². The summed E-state index contributed by atoms with van der Waals surface area (Å²) in [6.45, 7) is 3.16. The maximum atomic E-state index is 12.8. The van der Waals surface area contributed by atoms with Gasteiger partial charge in [-0.2, -0.15) is 0 Å². The number of benzene rings is 4. The lowest BCUT2D eigenvalue weighted by atomic mass is 10.1. The number of aromatic nitrogens is 1. The van der Waals surface area contributed by atoms with Crippen molar-refractivity contribution in [1.82, 2.24) is 4.57 Å². The van der Waals surface area contributed by atoms with Gasteiger partial charge in [-0.15, -0.1) is 0 Å². The lowest BCUT2D eigenvalue weighted by Crippen LogP contribution is -2.21. The first-order valence-corrected chi connectivity index (χ1v) is 14.8. The maximum absolute atomic E-state index is 12.8. The number of nitrogens with zero attached hydrogens (tertiary/aromatic N) is 1. The van der Waals surface area contributed by atoms with Gasteiger partial charge in [0.05, 0.1) is 10.5 Å². The summed E-state index contributed by atoms with van der Waals surface area (Å²) in [6, 6.07) is 23.9. The van der Waals surface area contributed by atoms with E-state index >= 15 is 0 Å². The molecule has 1 aliphatic rings. The number of hydrogen-bond acceptors (Lipinski definition) is 7. The van der Waals surface area contributed by atoms with Gasteiger partial charge in [0.2, 0.25) is 0 Å². The van der Waals surface area contributed by atoms with Crippen LogP contribution >= 0.6 is 0 Å². The van der Waals surface area contributed by atoms with Crippen LogP contribution in [0.4, 0.5) is 11.4 Å². The summed E-state index contributed by atoms with van der Waals surface area (Å²) in [7, 11) is -3.91. The lowest BCUT2D eigenvalue weighted by molar-refractivity contribution is -0.119. The highest BCUT2D eigenvalue weighted by Gasteiger charge is 2.20. The zero-order valence-corrected chi connectivity index (χ0v) is 23.4. The monoisotopic (exact) mass is 585 g/mol. The molecule has 0 unspecified atom stereocenters. The zero-order valence-electron chi connectivity index (χ0n) is 22.6. The molecule has 4 aromatic carbocycles. The molecule has 0 spiro atoms. The van der Waals surface area contributed by atoms with E-state index in [4.69, 9.17) is 14.2 Å². The van der Waals surface area contributed by atoms with E-state index in [1.807, 2.05) is 36.4 Å². The Kier molecular flexibility index (Phi) is 7.17. The Balaban J connectivity index is 1.07. The molecule has 2 N–H and O–H groups in total. The van der Waals surface area contributed by atoms with Crippen LogP contribution in [0.2, 0.25) is 0 Å². The van der Waals surface area contributed by atoms with E-state index in [2.05, 4.69) is 27.6 Å². The zero-order chi connectivity index (χ0) is 29.3. The molecule has 214 valence electrons. The maximum Gasteiger partial charge on any atom is 0.338 e. The Bertz CT molecular complexity index is 1930. The Morgan fingerprint density at radius 3 is 2.33 bits per heavy atom. The molecule has 0 saturated heterocycles. The Morgan fingerprint density at radius 2 is 1.55 bits per heavy atom. The van der Waals surface area contributed by atoms with Gasteiger partial charge in [0.25, 0.3) is 15.9 Å². The number of anilines is 2. The predicted octanol–water partition coefficient (Wildman–Crippen LogP) is 5.18. The van der Waals surface area contributed by atoms with E-state index in [1.54, 1.807) is 6.07 Å². The topological polar surface area (TPSA) is 125 Å². The molecule has 11 heteroatoms. The highest BCUT2D eigenvalue weighted by molar-refractivity contribution is 7.92. The van der Waals surface area contributed by atoms with Gasteiger partial charge in [0.15, 0.2) is 18.1 Å². The fourth-order valence-electron chi connectivity index (χ4n) is 4.96. The molecule has 6 rings (SSSR count). The SMILES string of the molecule is CCn1c2ccccc2c2cc(NC(=O)COC(=O)c3ccc(NS(=O)(=O)c4ccc5c(c4)OCCO5)cc3)ccc21. The molecular formula is C31H27N3O7S. The molecule has 5 aromatic rings. The van der Waals surface area contributed by atoms with E-state index in [-0.39, 0.29) is 16.1 Å². The number of carbonyl (C=O) groups excluding carboxylic acids is 2. The molecule has 0 aliphatic carbocycles. The lowest BCUT2D eigenvalue weighted by Gasteiger charge is -2.19. The quantitative estimate of drug-likeness (QED) is 0.240. The highest BCUT2D eigenvalue weighted by Crippen LogP contribution is 2.33. The summed E-state index contributed by atoms with van der Waals surface area (Å²) >= 11 is 0. The predicted molar refractivity (Wildman–Crippen MR) is 159 cm³/mol. The molecule has 42 heavy (non-hydrogen) atoms. The second-order valence-corrected chi connectivity index (χ2v) is 11.3. The number of carbonyl (C=O) groups is 2. The summed E-state index contributed by atoms with van der Waals surface area (Å²) in [4.78, 5) is 25.1. The first-order valence-electron chi connectivity index (χ1n) is 13.3. The average Bonchev–Trinajstić information content (AvgIpc) is 3.32.